The fourth-order valence-corrected chi connectivity index (χ4v) is 2.01. The third-order valence-electron chi connectivity index (χ3n) is 1.68. The van der Waals surface area contributed by atoms with E-state index in [1.807, 2.05) is 0 Å². The van der Waals surface area contributed by atoms with Gasteiger partial charge in [0.1, 0.15) is 4.90 Å². The smallest absolute Gasteiger partial charge is 0.258 e. The lowest BCUT2D eigenvalue weighted by Gasteiger charge is -2.09. The number of nitro benzene ring substituents is 1. The minimum absolute atomic E-state index is 0.239. The molecule has 8 heteroatoms. The van der Waals surface area contributed by atoms with E-state index < -0.39 is 32.8 Å². The van der Waals surface area contributed by atoms with Crippen LogP contribution in [0, 0.1) is 17.0 Å². The Balaban J connectivity index is 3.32. The third-order valence-corrected chi connectivity index (χ3v) is 3.13. The maximum absolute atomic E-state index is 12.2. The van der Waals surface area contributed by atoms with Gasteiger partial charge in [-0.15, -0.1) is 0 Å². The SMILES string of the molecule is Cc1ccc([N+](=O)[O-])c(SC(F)(F)F)c1Cl. The minimum Gasteiger partial charge on any atom is -0.258 e. The number of halogens is 4. The monoisotopic (exact) mass is 271 g/mol. The van der Waals surface area contributed by atoms with E-state index in [-0.39, 0.29) is 5.02 Å². The average Bonchev–Trinajstić information content (AvgIpc) is 2.10. The molecule has 0 bridgehead atoms. The molecule has 3 nitrogen and oxygen atoms in total. The van der Waals surface area contributed by atoms with Crippen LogP contribution < -0.4 is 0 Å². The largest absolute Gasteiger partial charge is 0.446 e. The average molecular weight is 272 g/mol. The first-order valence-corrected chi connectivity index (χ1v) is 5.11. The maximum Gasteiger partial charge on any atom is 0.446 e. The Morgan fingerprint density at radius 2 is 2.00 bits per heavy atom. The summed E-state index contributed by atoms with van der Waals surface area (Å²) in [5.41, 5.74) is -4.89. The van der Waals surface area contributed by atoms with Gasteiger partial charge in [0, 0.05) is 6.07 Å². The lowest BCUT2D eigenvalue weighted by Crippen LogP contribution is -2.02. The van der Waals surface area contributed by atoms with Gasteiger partial charge in [-0.3, -0.25) is 10.1 Å². The van der Waals surface area contributed by atoms with Crippen LogP contribution in [0.5, 0.6) is 0 Å². The van der Waals surface area contributed by atoms with E-state index in [1.54, 1.807) is 0 Å². The molecule has 0 amide bonds. The Labute approximate surface area is 97.7 Å². The molecule has 0 spiro atoms. The highest BCUT2D eigenvalue weighted by Gasteiger charge is 2.34. The molecule has 1 rings (SSSR count). The summed E-state index contributed by atoms with van der Waals surface area (Å²) in [6.07, 6.45) is 0. The molecule has 0 N–H and O–H groups in total. The number of thioether (sulfide) groups is 1. The summed E-state index contributed by atoms with van der Waals surface area (Å²) in [6.45, 7) is 1.48. The van der Waals surface area contributed by atoms with E-state index in [9.17, 15) is 23.3 Å². The lowest BCUT2D eigenvalue weighted by atomic mass is 10.2. The van der Waals surface area contributed by atoms with Gasteiger partial charge >= 0.3 is 5.51 Å². The van der Waals surface area contributed by atoms with Crippen LogP contribution in [0.1, 0.15) is 5.56 Å². The Hall–Kier alpha value is -0.950. The van der Waals surface area contributed by atoms with Crippen LogP contribution in [-0.2, 0) is 0 Å². The molecule has 16 heavy (non-hydrogen) atoms. The van der Waals surface area contributed by atoms with Gasteiger partial charge in [-0.25, -0.2) is 0 Å². The van der Waals surface area contributed by atoms with Gasteiger partial charge in [-0.1, -0.05) is 17.7 Å². The predicted molar refractivity (Wildman–Crippen MR) is 54.8 cm³/mol. The predicted octanol–water partition coefficient (Wildman–Crippen LogP) is 4.17. The first kappa shape index (κ1) is 13.1. The Bertz CT molecular complexity index is 436. The fraction of sp³-hybridized carbons (Fsp3) is 0.250. The number of hydrogen-bond donors (Lipinski definition) is 0. The van der Waals surface area contributed by atoms with Crippen molar-refractivity contribution < 1.29 is 18.1 Å². The number of nitrogens with zero attached hydrogens (tertiary/aromatic N) is 1. The standard InChI is InChI=1S/C8H5ClF3NO2S/c1-4-2-3-5(13(14)15)7(6(4)9)16-8(10,11)12/h2-3H,1H3. The zero-order valence-corrected chi connectivity index (χ0v) is 9.41. The number of benzene rings is 1. The van der Waals surface area contributed by atoms with Gasteiger partial charge in [0.2, 0.25) is 0 Å². The highest BCUT2D eigenvalue weighted by molar-refractivity contribution is 8.00. The van der Waals surface area contributed by atoms with Crippen LogP contribution in [0.15, 0.2) is 17.0 Å². The van der Waals surface area contributed by atoms with Crippen molar-refractivity contribution in [1.82, 2.24) is 0 Å². The summed E-state index contributed by atoms with van der Waals surface area (Å²) in [7, 11) is 0. The molecule has 0 saturated heterocycles. The first-order chi connectivity index (χ1) is 7.22. The van der Waals surface area contributed by atoms with Gasteiger partial charge in [-0.2, -0.15) is 13.2 Å². The van der Waals surface area contributed by atoms with Gasteiger partial charge in [-0.05, 0) is 24.2 Å². The van der Waals surface area contributed by atoms with Crippen LogP contribution in [-0.4, -0.2) is 10.4 Å². The summed E-state index contributed by atoms with van der Waals surface area (Å²) >= 11 is 5.05. The number of nitro groups is 1. The zero-order valence-electron chi connectivity index (χ0n) is 7.84. The molecule has 0 aliphatic rings. The maximum atomic E-state index is 12.2. The molecule has 0 fully saturated rings. The highest BCUT2D eigenvalue weighted by Crippen LogP contribution is 2.45. The van der Waals surface area contributed by atoms with E-state index in [0.717, 1.165) is 6.07 Å². The lowest BCUT2D eigenvalue weighted by molar-refractivity contribution is -0.387. The minimum atomic E-state index is -4.61. The molecule has 88 valence electrons. The zero-order chi connectivity index (χ0) is 12.5. The van der Waals surface area contributed by atoms with Crippen LogP contribution in [0.25, 0.3) is 0 Å². The summed E-state index contributed by atoms with van der Waals surface area (Å²) < 4.78 is 36.5. The summed E-state index contributed by atoms with van der Waals surface area (Å²) in [4.78, 5) is 9.08. The summed E-state index contributed by atoms with van der Waals surface area (Å²) in [5, 5.41) is 10.3. The number of alkyl halides is 3. The Kier molecular flexibility index (Phi) is 3.69. The topological polar surface area (TPSA) is 43.1 Å². The number of hydrogen-bond acceptors (Lipinski definition) is 3. The Morgan fingerprint density at radius 1 is 1.44 bits per heavy atom. The second-order valence-electron chi connectivity index (χ2n) is 2.85. The van der Waals surface area contributed by atoms with Crippen LogP contribution in [0.3, 0.4) is 0 Å². The number of rotatable bonds is 2. The third kappa shape index (κ3) is 3.02. The second-order valence-corrected chi connectivity index (χ2v) is 4.30. The quantitative estimate of drug-likeness (QED) is 0.461. The molecular weight excluding hydrogens is 267 g/mol. The molecule has 0 radical (unpaired) electrons. The molecule has 0 aliphatic heterocycles. The van der Waals surface area contributed by atoms with Crippen molar-refractivity contribution >= 4 is 29.1 Å². The van der Waals surface area contributed by atoms with E-state index in [1.165, 1.54) is 13.0 Å². The van der Waals surface area contributed by atoms with Gasteiger partial charge in [0.25, 0.3) is 5.69 Å². The van der Waals surface area contributed by atoms with Crippen LogP contribution in [0.4, 0.5) is 18.9 Å². The van der Waals surface area contributed by atoms with E-state index in [2.05, 4.69) is 0 Å². The van der Waals surface area contributed by atoms with Crippen molar-refractivity contribution in [3.63, 3.8) is 0 Å². The molecule has 0 aliphatic carbocycles. The van der Waals surface area contributed by atoms with Crippen molar-refractivity contribution in [3.05, 3.63) is 32.8 Å². The van der Waals surface area contributed by atoms with Crippen LogP contribution in [0.2, 0.25) is 5.02 Å². The molecule has 0 aromatic heterocycles. The van der Waals surface area contributed by atoms with Gasteiger partial charge in [0.05, 0.1) is 9.95 Å². The summed E-state index contributed by atoms with van der Waals surface area (Å²) in [5.74, 6) is 0. The first-order valence-electron chi connectivity index (χ1n) is 3.91. The second kappa shape index (κ2) is 4.50. The molecule has 0 heterocycles. The highest BCUT2D eigenvalue weighted by atomic mass is 35.5. The van der Waals surface area contributed by atoms with Crippen molar-refractivity contribution in [2.75, 3.05) is 0 Å². The Morgan fingerprint density at radius 3 is 2.44 bits per heavy atom. The van der Waals surface area contributed by atoms with Crippen molar-refractivity contribution in [1.29, 1.82) is 0 Å². The van der Waals surface area contributed by atoms with Crippen LogP contribution >= 0.6 is 23.4 Å². The molecule has 0 unspecified atom stereocenters. The molecular formula is C8H5ClF3NO2S. The number of aryl methyl sites for hydroxylation is 1. The molecule has 1 aromatic carbocycles. The van der Waals surface area contributed by atoms with Crippen molar-refractivity contribution in [3.8, 4) is 0 Å². The van der Waals surface area contributed by atoms with Crippen molar-refractivity contribution in [2.45, 2.75) is 17.3 Å². The van der Waals surface area contributed by atoms with Gasteiger partial charge < -0.3 is 0 Å². The summed E-state index contributed by atoms with van der Waals surface area (Å²) in [6, 6.07) is 2.32. The normalized spacial score (nSPS) is 11.6. The molecule has 1 aromatic rings. The molecule has 0 saturated carbocycles. The van der Waals surface area contributed by atoms with E-state index in [4.69, 9.17) is 11.6 Å². The molecule has 0 atom stereocenters. The fourth-order valence-electron chi connectivity index (χ4n) is 1.00. The van der Waals surface area contributed by atoms with Gasteiger partial charge in [0.15, 0.2) is 0 Å². The van der Waals surface area contributed by atoms with E-state index >= 15 is 0 Å². The van der Waals surface area contributed by atoms with Crippen molar-refractivity contribution in [2.24, 2.45) is 0 Å². The van der Waals surface area contributed by atoms with E-state index in [0.29, 0.717) is 5.56 Å².